The molecule has 0 amide bonds. The fourth-order valence-corrected chi connectivity index (χ4v) is 3.05. The lowest BCUT2D eigenvalue weighted by molar-refractivity contribution is 0.0696. The molecule has 0 unspecified atom stereocenters. The molecule has 0 radical (unpaired) electrons. The first-order valence-electron chi connectivity index (χ1n) is 7.14. The Morgan fingerprint density at radius 1 is 1.12 bits per heavy atom. The molecule has 0 atom stereocenters. The summed E-state index contributed by atoms with van der Waals surface area (Å²) in [5.74, 6) is -1.02. The number of carbonyl (C=O) groups is 1. The highest BCUT2D eigenvalue weighted by atomic mass is 32.1. The molecule has 3 rings (SSSR count). The van der Waals surface area contributed by atoms with Gasteiger partial charge in [0.1, 0.15) is 11.1 Å². The Kier molecular flexibility index (Phi) is 4.50. The summed E-state index contributed by atoms with van der Waals surface area (Å²) in [6.45, 7) is 0. The zero-order valence-corrected chi connectivity index (χ0v) is 13.3. The Bertz CT molecular complexity index is 953. The Hall–Kier alpha value is -3.23. The minimum Gasteiger partial charge on any atom is -0.478 e. The summed E-state index contributed by atoms with van der Waals surface area (Å²) in [7, 11) is 0. The summed E-state index contributed by atoms with van der Waals surface area (Å²) in [5.41, 5.74) is 2.76. The summed E-state index contributed by atoms with van der Waals surface area (Å²) in [4.78, 5) is 15.8. The Balaban J connectivity index is 2.01. The Morgan fingerprint density at radius 3 is 2.54 bits per heavy atom. The van der Waals surface area contributed by atoms with E-state index in [0.717, 1.165) is 11.3 Å². The number of aromatic nitrogens is 1. The molecule has 0 bridgehead atoms. The van der Waals surface area contributed by atoms with Crippen molar-refractivity contribution < 1.29 is 9.90 Å². The van der Waals surface area contributed by atoms with Gasteiger partial charge in [-0.2, -0.15) is 5.26 Å². The molecule has 5 heteroatoms. The van der Waals surface area contributed by atoms with Crippen LogP contribution in [0.3, 0.4) is 0 Å². The van der Waals surface area contributed by atoms with Crippen LogP contribution in [0.15, 0.2) is 60.0 Å². The minimum atomic E-state index is -1.02. The van der Waals surface area contributed by atoms with Crippen LogP contribution in [0.4, 0.5) is 0 Å². The Labute approximate surface area is 143 Å². The van der Waals surface area contributed by atoms with E-state index in [4.69, 9.17) is 0 Å². The fraction of sp³-hybridized carbons (Fsp3) is 0. The van der Waals surface area contributed by atoms with Crippen molar-refractivity contribution in [2.75, 3.05) is 0 Å². The lowest BCUT2D eigenvalue weighted by Gasteiger charge is -2.01. The minimum absolute atomic E-state index is 0.157. The Morgan fingerprint density at radius 2 is 1.83 bits per heavy atom. The second-order valence-electron chi connectivity index (χ2n) is 4.97. The molecule has 1 aromatic heterocycles. The van der Waals surface area contributed by atoms with Gasteiger partial charge in [-0.15, -0.1) is 11.3 Å². The van der Waals surface area contributed by atoms with Crippen molar-refractivity contribution in [3.63, 3.8) is 0 Å². The lowest BCUT2D eigenvalue weighted by Crippen LogP contribution is -1.99. The van der Waals surface area contributed by atoms with Crippen LogP contribution in [0.1, 0.15) is 20.9 Å². The van der Waals surface area contributed by atoms with Gasteiger partial charge in [-0.25, -0.2) is 9.78 Å². The molecule has 0 saturated heterocycles. The number of nitriles is 1. The molecule has 116 valence electrons. The fourth-order valence-electron chi connectivity index (χ4n) is 2.25. The van der Waals surface area contributed by atoms with Crippen LogP contribution in [-0.2, 0) is 0 Å². The standard InChI is InChI=1S/C19H12N2O2S/c20-11-15(10-14-8-4-5-9-16(14)19(22)23)18-21-17(12-24-18)13-6-2-1-3-7-13/h1-10,12H,(H,22,23)/b15-10-. The smallest absolute Gasteiger partial charge is 0.336 e. The van der Waals surface area contributed by atoms with Gasteiger partial charge in [0.05, 0.1) is 16.8 Å². The molecule has 2 aromatic carbocycles. The number of carboxylic acids is 1. The first-order valence-corrected chi connectivity index (χ1v) is 8.02. The number of rotatable bonds is 4. The monoisotopic (exact) mass is 332 g/mol. The van der Waals surface area contributed by atoms with E-state index in [1.807, 2.05) is 35.7 Å². The van der Waals surface area contributed by atoms with E-state index in [-0.39, 0.29) is 5.56 Å². The average molecular weight is 332 g/mol. The van der Waals surface area contributed by atoms with E-state index >= 15 is 0 Å². The number of allylic oxidation sites excluding steroid dienone is 1. The van der Waals surface area contributed by atoms with E-state index in [2.05, 4.69) is 11.1 Å². The second kappa shape index (κ2) is 6.90. The zero-order chi connectivity index (χ0) is 16.9. The summed E-state index contributed by atoms with van der Waals surface area (Å²) in [6.07, 6.45) is 1.57. The van der Waals surface area contributed by atoms with E-state index in [0.29, 0.717) is 16.1 Å². The van der Waals surface area contributed by atoms with Gasteiger partial charge < -0.3 is 5.11 Å². The van der Waals surface area contributed by atoms with E-state index < -0.39 is 5.97 Å². The molecular weight excluding hydrogens is 320 g/mol. The second-order valence-corrected chi connectivity index (χ2v) is 5.82. The molecule has 0 fully saturated rings. The summed E-state index contributed by atoms with van der Waals surface area (Å²) in [5, 5.41) is 21.2. The van der Waals surface area contributed by atoms with Crippen LogP contribution in [-0.4, -0.2) is 16.1 Å². The van der Waals surface area contributed by atoms with Crippen LogP contribution < -0.4 is 0 Å². The average Bonchev–Trinajstić information content (AvgIpc) is 3.10. The number of hydrogen-bond donors (Lipinski definition) is 1. The van der Waals surface area contributed by atoms with E-state index in [1.165, 1.54) is 17.4 Å². The van der Waals surface area contributed by atoms with Gasteiger partial charge in [0.15, 0.2) is 0 Å². The van der Waals surface area contributed by atoms with Crippen LogP contribution >= 0.6 is 11.3 Å². The molecule has 0 aliphatic heterocycles. The molecule has 3 aromatic rings. The van der Waals surface area contributed by atoms with Crippen LogP contribution in [0.25, 0.3) is 22.9 Å². The maximum Gasteiger partial charge on any atom is 0.336 e. The van der Waals surface area contributed by atoms with E-state index in [9.17, 15) is 15.2 Å². The summed E-state index contributed by atoms with van der Waals surface area (Å²) < 4.78 is 0. The molecule has 0 aliphatic rings. The number of hydrogen-bond acceptors (Lipinski definition) is 4. The van der Waals surface area contributed by atoms with Gasteiger partial charge >= 0.3 is 5.97 Å². The lowest BCUT2D eigenvalue weighted by atomic mass is 10.1. The third-order valence-electron chi connectivity index (χ3n) is 3.42. The molecule has 24 heavy (non-hydrogen) atoms. The SMILES string of the molecule is N#C/C(=C/c1ccccc1C(=O)O)c1nc(-c2ccccc2)cs1. The van der Waals surface area contributed by atoms with Crippen molar-refractivity contribution in [2.45, 2.75) is 0 Å². The number of thiazole rings is 1. The third kappa shape index (κ3) is 3.24. The van der Waals surface area contributed by atoms with Gasteiger partial charge in [0, 0.05) is 10.9 Å². The third-order valence-corrected chi connectivity index (χ3v) is 4.29. The molecule has 1 N–H and O–H groups in total. The summed E-state index contributed by atoms with van der Waals surface area (Å²) >= 11 is 1.36. The number of aromatic carboxylic acids is 1. The zero-order valence-electron chi connectivity index (χ0n) is 12.5. The summed E-state index contributed by atoms with van der Waals surface area (Å²) in [6, 6.07) is 18.4. The molecular formula is C19H12N2O2S. The molecule has 1 heterocycles. The van der Waals surface area contributed by atoms with Crippen molar-refractivity contribution in [3.8, 4) is 17.3 Å². The van der Waals surface area contributed by atoms with Gasteiger partial charge in [-0.05, 0) is 17.7 Å². The predicted octanol–water partition coefficient (Wildman–Crippen LogP) is 4.57. The molecule has 0 aliphatic carbocycles. The number of benzene rings is 2. The van der Waals surface area contributed by atoms with Gasteiger partial charge in [0.25, 0.3) is 0 Å². The van der Waals surface area contributed by atoms with Crippen molar-refractivity contribution in [2.24, 2.45) is 0 Å². The predicted molar refractivity (Wildman–Crippen MR) is 94.4 cm³/mol. The van der Waals surface area contributed by atoms with Crippen LogP contribution in [0.5, 0.6) is 0 Å². The number of nitrogens with zero attached hydrogens (tertiary/aromatic N) is 2. The molecule has 4 nitrogen and oxygen atoms in total. The molecule has 0 spiro atoms. The van der Waals surface area contributed by atoms with Gasteiger partial charge in [0.2, 0.25) is 0 Å². The first kappa shape index (κ1) is 15.7. The number of carboxylic acid groups (broad SMARTS) is 1. The highest BCUT2D eigenvalue weighted by molar-refractivity contribution is 7.11. The maximum atomic E-state index is 11.3. The highest BCUT2D eigenvalue weighted by Crippen LogP contribution is 2.27. The van der Waals surface area contributed by atoms with Crippen molar-refractivity contribution in [1.82, 2.24) is 4.98 Å². The largest absolute Gasteiger partial charge is 0.478 e. The van der Waals surface area contributed by atoms with Crippen LogP contribution in [0, 0.1) is 11.3 Å². The first-order chi connectivity index (χ1) is 11.7. The normalized spacial score (nSPS) is 11.0. The van der Waals surface area contributed by atoms with Crippen LogP contribution in [0.2, 0.25) is 0 Å². The van der Waals surface area contributed by atoms with Crippen molar-refractivity contribution in [1.29, 1.82) is 5.26 Å². The topological polar surface area (TPSA) is 74.0 Å². The van der Waals surface area contributed by atoms with Gasteiger partial charge in [-0.3, -0.25) is 0 Å². The maximum absolute atomic E-state index is 11.3. The quantitative estimate of drug-likeness (QED) is 0.710. The molecule has 0 saturated carbocycles. The van der Waals surface area contributed by atoms with Crippen molar-refractivity contribution in [3.05, 3.63) is 76.1 Å². The van der Waals surface area contributed by atoms with Gasteiger partial charge in [-0.1, -0.05) is 48.5 Å². The van der Waals surface area contributed by atoms with Crippen molar-refractivity contribution >= 4 is 29.0 Å². The van der Waals surface area contributed by atoms with E-state index in [1.54, 1.807) is 24.3 Å². The highest BCUT2D eigenvalue weighted by Gasteiger charge is 2.12.